The van der Waals surface area contributed by atoms with Gasteiger partial charge in [0, 0.05) is 10.7 Å². The quantitative estimate of drug-likeness (QED) is 0.674. The Morgan fingerprint density at radius 2 is 1.81 bits per heavy atom. The minimum absolute atomic E-state index is 0.131. The molecule has 0 aliphatic heterocycles. The average molecular weight is 406 g/mol. The minimum atomic E-state index is -4.50. The zero-order chi connectivity index (χ0) is 19.7. The van der Waals surface area contributed by atoms with Gasteiger partial charge in [0.05, 0.1) is 10.6 Å². The van der Waals surface area contributed by atoms with E-state index in [1.54, 1.807) is 19.9 Å². The Bertz CT molecular complexity index is 911. The molecule has 0 aliphatic carbocycles. The lowest BCUT2D eigenvalue weighted by atomic mass is 9.97. The van der Waals surface area contributed by atoms with E-state index in [0.717, 1.165) is 11.6 Å². The van der Waals surface area contributed by atoms with E-state index in [-0.39, 0.29) is 28.7 Å². The fourth-order valence-corrected chi connectivity index (χ4v) is 4.34. The molecule has 0 N–H and O–H groups in total. The molecule has 0 aliphatic rings. The Labute approximate surface area is 156 Å². The fraction of sp³-hybridized carbons (Fsp3) is 0.389. The maximum atomic E-state index is 12.7. The van der Waals surface area contributed by atoms with Crippen molar-refractivity contribution in [3.05, 3.63) is 57.9 Å². The summed E-state index contributed by atoms with van der Waals surface area (Å²) in [7, 11) is -3.53. The maximum absolute atomic E-state index is 12.7. The van der Waals surface area contributed by atoms with Crippen molar-refractivity contribution in [2.24, 2.45) is 0 Å². The summed E-state index contributed by atoms with van der Waals surface area (Å²) in [5.74, 6) is -0.380. The number of rotatable bonds is 5. The van der Waals surface area contributed by atoms with Gasteiger partial charge in [0.15, 0.2) is 9.84 Å². The first-order chi connectivity index (χ1) is 11.9. The predicted molar refractivity (Wildman–Crippen MR) is 95.2 cm³/mol. The minimum Gasteiger partial charge on any atom is -0.248 e. The van der Waals surface area contributed by atoms with E-state index in [1.807, 2.05) is 0 Å². The molecule has 1 heterocycles. The van der Waals surface area contributed by atoms with Crippen molar-refractivity contribution in [2.45, 2.75) is 44.2 Å². The maximum Gasteiger partial charge on any atom is 0.433 e. The summed E-state index contributed by atoms with van der Waals surface area (Å²) < 4.78 is 63.1. The van der Waals surface area contributed by atoms with Gasteiger partial charge in [0.25, 0.3) is 0 Å². The van der Waals surface area contributed by atoms with Crippen molar-refractivity contribution in [1.82, 2.24) is 4.98 Å². The van der Waals surface area contributed by atoms with E-state index in [4.69, 9.17) is 11.6 Å². The molecule has 0 amide bonds. The second kappa shape index (κ2) is 7.56. The smallest absolute Gasteiger partial charge is 0.248 e. The Morgan fingerprint density at radius 1 is 1.15 bits per heavy atom. The van der Waals surface area contributed by atoms with Crippen LogP contribution in [0.4, 0.5) is 13.2 Å². The highest BCUT2D eigenvalue weighted by Crippen LogP contribution is 2.31. The molecule has 142 valence electrons. The van der Waals surface area contributed by atoms with Crippen LogP contribution in [0.3, 0.4) is 0 Å². The van der Waals surface area contributed by atoms with Gasteiger partial charge in [-0.2, -0.15) is 13.2 Å². The molecule has 3 nitrogen and oxygen atoms in total. The molecule has 0 saturated heterocycles. The molecular weight excluding hydrogens is 387 g/mol. The summed E-state index contributed by atoms with van der Waals surface area (Å²) in [6, 6.07) is 6.86. The van der Waals surface area contributed by atoms with Crippen LogP contribution in [0.2, 0.25) is 5.02 Å². The van der Waals surface area contributed by atoms with Gasteiger partial charge in [0.2, 0.25) is 0 Å². The SMILES string of the molecule is Cc1ccc(S(=O)(=O)CCC(C)c2ccc(C(F)(F)F)nc2C)cc1Cl. The molecule has 1 aromatic carbocycles. The molecule has 2 rings (SSSR count). The van der Waals surface area contributed by atoms with E-state index in [9.17, 15) is 21.6 Å². The zero-order valence-corrected chi connectivity index (χ0v) is 16.1. The molecule has 26 heavy (non-hydrogen) atoms. The number of sulfone groups is 1. The van der Waals surface area contributed by atoms with Crippen LogP contribution in [0.1, 0.15) is 41.8 Å². The lowest BCUT2D eigenvalue weighted by Crippen LogP contribution is -2.13. The Kier molecular flexibility index (Phi) is 6.02. The van der Waals surface area contributed by atoms with Gasteiger partial charge < -0.3 is 0 Å². The topological polar surface area (TPSA) is 47.0 Å². The van der Waals surface area contributed by atoms with Crippen molar-refractivity contribution in [3.63, 3.8) is 0 Å². The van der Waals surface area contributed by atoms with Crippen molar-refractivity contribution in [1.29, 1.82) is 0 Å². The van der Waals surface area contributed by atoms with Crippen LogP contribution < -0.4 is 0 Å². The molecule has 1 atom stereocenters. The monoisotopic (exact) mass is 405 g/mol. The Balaban J connectivity index is 2.15. The average Bonchev–Trinajstić information content (AvgIpc) is 2.54. The number of halogens is 4. The van der Waals surface area contributed by atoms with Crippen molar-refractivity contribution in [3.8, 4) is 0 Å². The molecule has 2 aromatic rings. The van der Waals surface area contributed by atoms with E-state index in [0.29, 0.717) is 10.6 Å². The first-order valence-electron chi connectivity index (χ1n) is 7.95. The van der Waals surface area contributed by atoms with Crippen LogP contribution in [-0.2, 0) is 16.0 Å². The summed E-state index contributed by atoms with van der Waals surface area (Å²) >= 11 is 5.99. The number of pyridine rings is 1. The molecule has 0 bridgehead atoms. The summed E-state index contributed by atoms with van der Waals surface area (Å²) in [5.41, 5.74) is 0.691. The van der Waals surface area contributed by atoms with Gasteiger partial charge in [0.1, 0.15) is 5.69 Å². The van der Waals surface area contributed by atoms with Crippen molar-refractivity contribution < 1.29 is 21.6 Å². The number of nitrogens with zero attached hydrogens (tertiary/aromatic N) is 1. The lowest BCUT2D eigenvalue weighted by molar-refractivity contribution is -0.141. The van der Waals surface area contributed by atoms with Gasteiger partial charge in [-0.05, 0) is 55.5 Å². The molecule has 1 aromatic heterocycles. The van der Waals surface area contributed by atoms with Gasteiger partial charge in [-0.3, -0.25) is 0 Å². The summed E-state index contributed by atoms with van der Waals surface area (Å²) in [4.78, 5) is 3.74. The second-order valence-corrected chi connectivity index (χ2v) is 8.80. The summed E-state index contributed by atoms with van der Waals surface area (Å²) in [6.07, 6.45) is -4.23. The molecule has 0 spiro atoms. The highest BCUT2D eigenvalue weighted by molar-refractivity contribution is 7.91. The predicted octanol–water partition coefficient (Wildman–Crippen LogP) is 5.34. The Hall–Kier alpha value is -1.60. The van der Waals surface area contributed by atoms with Crippen LogP contribution in [0.15, 0.2) is 35.2 Å². The number of benzene rings is 1. The van der Waals surface area contributed by atoms with Crippen LogP contribution >= 0.6 is 11.6 Å². The van der Waals surface area contributed by atoms with E-state index in [2.05, 4.69) is 4.98 Å². The normalized spacial score (nSPS) is 13.7. The summed E-state index contributed by atoms with van der Waals surface area (Å²) in [6.45, 7) is 5.05. The number of alkyl halides is 3. The molecular formula is C18H19ClF3NO2S. The third-order valence-electron chi connectivity index (χ3n) is 4.27. The van der Waals surface area contributed by atoms with Crippen LogP contribution in [-0.4, -0.2) is 19.2 Å². The van der Waals surface area contributed by atoms with E-state index >= 15 is 0 Å². The third kappa shape index (κ3) is 4.76. The van der Waals surface area contributed by atoms with Gasteiger partial charge in [-0.1, -0.05) is 30.7 Å². The molecule has 1 unspecified atom stereocenters. The van der Waals surface area contributed by atoms with Crippen LogP contribution in [0, 0.1) is 13.8 Å². The fourth-order valence-electron chi connectivity index (χ4n) is 2.62. The lowest BCUT2D eigenvalue weighted by Gasteiger charge is -2.16. The van der Waals surface area contributed by atoms with Crippen molar-refractivity contribution >= 4 is 21.4 Å². The highest BCUT2D eigenvalue weighted by Gasteiger charge is 2.33. The number of aryl methyl sites for hydroxylation is 2. The van der Waals surface area contributed by atoms with Gasteiger partial charge >= 0.3 is 6.18 Å². The largest absolute Gasteiger partial charge is 0.433 e. The molecule has 0 saturated carbocycles. The molecule has 0 radical (unpaired) electrons. The standard InChI is InChI=1S/C18H19ClF3NO2S/c1-11(15-6-7-17(18(20,21)22)23-13(15)3)8-9-26(24,25)14-5-4-12(2)16(19)10-14/h4-7,10-11H,8-9H2,1-3H3. The Morgan fingerprint density at radius 3 is 2.35 bits per heavy atom. The van der Waals surface area contributed by atoms with Crippen LogP contribution in [0.5, 0.6) is 0 Å². The van der Waals surface area contributed by atoms with E-state index < -0.39 is 21.7 Å². The van der Waals surface area contributed by atoms with E-state index in [1.165, 1.54) is 25.1 Å². The van der Waals surface area contributed by atoms with Crippen molar-refractivity contribution in [2.75, 3.05) is 5.75 Å². The molecule has 0 fully saturated rings. The number of hydrogen-bond acceptors (Lipinski definition) is 3. The highest BCUT2D eigenvalue weighted by atomic mass is 35.5. The first kappa shape index (κ1) is 20.7. The zero-order valence-electron chi connectivity index (χ0n) is 14.6. The first-order valence-corrected chi connectivity index (χ1v) is 9.98. The van der Waals surface area contributed by atoms with Gasteiger partial charge in [-0.25, -0.2) is 13.4 Å². The number of hydrogen-bond donors (Lipinski definition) is 0. The summed E-state index contributed by atoms with van der Waals surface area (Å²) in [5, 5.41) is 0.377. The number of aromatic nitrogens is 1. The second-order valence-electron chi connectivity index (χ2n) is 6.29. The van der Waals surface area contributed by atoms with Crippen LogP contribution in [0.25, 0.3) is 0 Å². The van der Waals surface area contributed by atoms with Gasteiger partial charge in [-0.15, -0.1) is 0 Å². The molecule has 8 heteroatoms. The third-order valence-corrected chi connectivity index (χ3v) is 6.42.